The third-order valence-electron chi connectivity index (χ3n) is 5.94. The number of nitrogens with one attached hydrogen (secondary N) is 1. The SMILES string of the molecule is CCn1c(=O)c(N2CCC[C@H](C(=O)NCc3cc(Br)ccc3OC)C2)nc2ccccc21. The van der Waals surface area contributed by atoms with E-state index >= 15 is 0 Å². The predicted octanol–water partition coefficient (Wildman–Crippen LogP) is 3.72. The smallest absolute Gasteiger partial charge is 0.293 e. The highest BCUT2D eigenvalue weighted by molar-refractivity contribution is 9.10. The van der Waals surface area contributed by atoms with Crippen LogP contribution in [0.4, 0.5) is 5.82 Å². The Hall–Kier alpha value is -2.87. The first-order valence-corrected chi connectivity index (χ1v) is 11.7. The molecule has 8 heteroatoms. The van der Waals surface area contributed by atoms with Crippen LogP contribution in [0, 0.1) is 5.92 Å². The van der Waals surface area contributed by atoms with Gasteiger partial charge >= 0.3 is 0 Å². The molecule has 1 N–H and O–H groups in total. The fraction of sp³-hybridized carbons (Fsp3) is 0.375. The number of aryl methyl sites for hydroxylation is 1. The Morgan fingerprint density at radius 3 is 2.88 bits per heavy atom. The van der Waals surface area contributed by atoms with Crippen molar-refractivity contribution < 1.29 is 9.53 Å². The summed E-state index contributed by atoms with van der Waals surface area (Å²) in [7, 11) is 1.62. The van der Waals surface area contributed by atoms with Gasteiger partial charge in [-0.05, 0) is 50.1 Å². The Morgan fingerprint density at radius 2 is 2.09 bits per heavy atom. The number of aromatic nitrogens is 2. The summed E-state index contributed by atoms with van der Waals surface area (Å²) in [5, 5.41) is 3.04. The summed E-state index contributed by atoms with van der Waals surface area (Å²) in [6, 6.07) is 13.4. The maximum Gasteiger partial charge on any atom is 0.293 e. The highest BCUT2D eigenvalue weighted by Crippen LogP contribution is 2.24. The number of benzene rings is 2. The Labute approximate surface area is 195 Å². The van der Waals surface area contributed by atoms with Crippen LogP contribution in [-0.4, -0.2) is 35.7 Å². The fourth-order valence-corrected chi connectivity index (χ4v) is 4.70. The average molecular weight is 499 g/mol. The summed E-state index contributed by atoms with van der Waals surface area (Å²) >= 11 is 3.46. The van der Waals surface area contributed by atoms with Crippen molar-refractivity contribution in [2.45, 2.75) is 32.9 Å². The van der Waals surface area contributed by atoms with Crippen LogP contribution in [0.25, 0.3) is 11.0 Å². The summed E-state index contributed by atoms with van der Waals surface area (Å²) in [4.78, 5) is 32.7. The number of rotatable bonds is 6. The van der Waals surface area contributed by atoms with Gasteiger partial charge in [0.2, 0.25) is 5.91 Å². The molecule has 1 atom stereocenters. The summed E-state index contributed by atoms with van der Waals surface area (Å²) in [5.74, 6) is 0.939. The van der Waals surface area contributed by atoms with Crippen LogP contribution < -0.4 is 20.5 Å². The molecular formula is C24H27BrN4O3. The van der Waals surface area contributed by atoms with Crippen molar-refractivity contribution in [2.24, 2.45) is 5.92 Å². The summed E-state index contributed by atoms with van der Waals surface area (Å²) < 4.78 is 8.08. The zero-order chi connectivity index (χ0) is 22.7. The molecule has 4 rings (SSSR count). The van der Waals surface area contributed by atoms with Gasteiger partial charge in [0.25, 0.3) is 5.56 Å². The van der Waals surface area contributed by atoms with E-state index in [0.717, 1.165) is 39.7 Å². The molecule has 3 aromatic rings. The van der Waals surface area contributed by atoms with E-state index < -0.39 is 0 Å². The van der Waals surface area contributed by atoms with Crippen molar-refractivity contribution in [2.75, 3.05) is 25.1 Å². The van der Waals surface area contributed by atoms with Crippen molar-refractivity contribution >= 4 is 38.7 Å². The largest absolute Gasteiger partial charge is 0.496 e. The second-order valence-electron chi connectivity index (χ2n) is 7.93. The van der Waals surface area contributed by atoms with E-state index in [2.05, 4.69) is 26.2 Å². The number of halogens is 1. The molecule has 168 valence electrons. The number of fused-ring (bicyclic) bond motifs is 1. The first-order chi connectivity index (χ1) is 15.5. The minimum Gasteiger partial charge on any atom is -0.496 e. The number of hydrogen-bond donors (Lipinski definition) is 1. The van der Waals surface area contributed by atoms with Crippen LogP contribution in [-0.2, 0) is 17.9 Å². The number of carbonyl (C=O) groups is 1. The quantitative estimate of drug-likeness (QED) is 0.560. The number of hydrogen-bond acceptors (Lipinski definition) is 5. The third-order valence-corrected chi connectivity index (χ3v) is 6.43. The number of carbonyl (C=O) groups excluding carboxylic acids is 1. The maximum atomic E-state index is 13.1. The monoisotopic (exact) mass is 498 g/mol. The molecule has 7 nitrogen and oxygen atoms in total. The lowest BCUT2D eigenvalue weighted by molar-refractivity contribution is -0.125. The zero-order valence-electron chi connectivity index (χ0n) is 18.3. The number of anilines is 1. The van der Waals surface area contributed by atoms with Crippen LogP contribution in [0.5, 0.6) is 5.75 Å². The molecule has 2 aromatic carbocycles. The molecule has 0 radical (unpaired) electrons. The lowest BCUT2D eigenvalue weighted by Gasteiger charge is -2.32. The van der Waals surface area contributed by atoms with Gasteiger partial charge in [-0.25, -0.2) is 4.98 Å². The maximum absolute atomic E-state index is 13.1. The lowest BCUT2D eigenvalue weighted by atomic mass is 9.97. The van der Waals surface area contributed by atoms with Crippen LogP contribution >= 0.6 is 15.9 Å². The molecule has 0 aliphatic carbocycles. The summed E-state index contributed by atoms with van der Waals surface area (Å²) in [5.41, 5.74) is 2.42. The molecule has 1 aromatic heterocycles. The molecule has 1 amide bonds. The minimum atomic E-state index is -0.204. The van der Waals surface area contributed by atoms with Gasteiger partial charge in [-0.1, -0.05) is 28.1 Å². The van der Waals surface area contributed by atoms with E-state index in [1.807, 2.05) is 54.3 Å². The van der Waals surface area contributed by atoms with E-state index in [9.17, 15) is 9.59 Å². The molecule has 32 heavy (non-hydrogen) atoms. The van der Waals surface area contributed by atoms with Crippen molar-refractivity contribution in [3.63, 3.8) is 0 Å². The van der Waals surface area contributed by atoms with E-state index in [-0.39, 0.29) is 17.4 Å². The molecular weight excluding hydrogens is 472 g/mol. The Kier molecular flexibility index (Phi) is 6.79. The van der Waals surface area contributed by atoms with Crippen molar-refractivity contribution in [3.05, 3.63) is 62.9 Å². The summed E-state index contributed by atoms with van der Waals surface area (Å²) in [6.45, 7) is 4.11. The van der Waals surface area contributed by atoms with Crippen LogP contribution in [0.15, 0.2) is 51.7 Å². The number of piperidine rings is 1. The van der Waals surface area contributed by atoms with Gasteiger partial charge < -0.3 is 19.5 Å². The lowest BCUT2D eigenvalue weighted by Crippen LogP contribution is -2.45. The number of nitrogens with zero attached hydrogens (tertiary/aromatic N) is 3. The molecule has 2 heterocycles. The van der Waals surface area contributed by atoms with Gasteiger partial charge in [0, 0.05) is 36.2 Å². The second-order valence-corrected chi connectivity index (χ2v) is 8.85. The van der Waals surface area contributed by atoms with Crippen molar-refractivity contribution in [1.29, 1.82) is 0 Å². The van der Waals surface area contributed by atoms with Gasteiger partial charge in [-0.2, -0.15) is 0 Å². The number of para-hydroxylation sites is 2. The molecule has 1 aliphatic heterocycles. The molecule has 1 aliphatic rings. The van der Waals surface area contributed by atoms with E-state index in [1.165, 1.54) is 0 Å². The minimum absolute atomic E-state index is 0.0201. The molecule has 0 saturated carbocycles. The zero-order valence-corrected chi connectivity index (χ0v) is 19.9. The average Bonchev–Trinajstić information content (AvgIpc) is 2.82. The number of amides is 1. The normalized spacial score (nSPS) is 16.2. The fourth-order valence-electron chi connectivity index (χ4n) is 4.29. The van der Waals surface area contributed by atoms with Crippen molar-refractivity contribution in [3.8, 4) is 5.75 Å². The van der Waals surface area contributed by atoms with Gasteiger partial charge in [-0.15, -0.1) is 0 Å². The van der Waals surface area contributed by atoms with Crippen molar-refractivity contribution in [1.82, 2.24) is 14.9 Å². The van der Waals surface area contributed by atoms with Gasteiger partial charge in [0.15, 0.2) is 5.82 Å². The van der Waals surface area contributed by atoms with E-state index in [1.54, 1.807) is 11.7 Å². The number of ether oxygens (including phenoxy) is 1. The topological polar surface area (TPSA) is 76.5 Å². The number of methoxy groups -OCH3 is 1. The van der Waals surface area contributed by atoms with E-state index in [0.29, 0.717) is 32.0 Å². The summed E-state index contributed by atoms with van der Waals surface area (Å²) in [6.07, 6.45) is 1.62. The molecule has 0 spiro atoms. The predicted molar refractivity (Wildman–Crippen MR) is 129 cm³/mol. The molecule has 0 unspecified atom stereocenters. The second kappa shape index (κ2) is 9.73. The third kappa shape index (κ3) is 4.50. The molecule has 0 bridgehead atoms. The van der Waals surface area contributed by atoms with Gasteiger partial charge in [-0.3, -0.25) is 9.59 Å². The standard InChI is InChI=1S/C24H27BrN4O3/c1-3-29-20-9-5-4-8-19(20)27-22(24(29)31)28-12-6-7-16(15-28)23(30)26-14-17-13-18(25)10-11-21(17)32-2/h4-5,8-11,13,16H,3,6-7,12,14-15H2,1-2H3,(H,26,30)/t16-/m0/s1. The Morgan fingerprint density at radius 1 is 1.28 bits per heavy atom. The van der Waals surface area contributed by atoms with Crippen LogP contribution in [0.3, 0.4) is 0 Å². The van der Waals surface area contributed by atoms with Crippen LogP contribution in [0.2, 0.25) is 0 Å². The van der Waals surface area contributed by atoms with Gasteiger partial charge in [0.05, 0.1) is 24.1 Å². The Bertz CT molecular complexity index is 1190. The first kappa shape index (κ1) is 22.3. The van der Waals surface area contributed by atoms with Crippen LogP contribution in [0.1, 0.15) is 25.3 Å². The van der Waals surface area contributed by atoms with Gasteiger partial charge in [0.1, 0.15) is 5.75 Å². The van der Waals surface area contributed by atoms with E-state index in [4.69, 9.17) is 4.74 Å². The first-order valence-electron chi connectivity index (χ1n) is 10.9. The molecule has 1 saturated heterocycles. The highest BCUT2D eigenvalue weighted by Gasteiger charge is 2.28. The highest BCUT2D eigenvalue weighted by atomic mass is 79.9. The Balaban J connectivity index is 1.52. The molecule has 1 fully saturated rings.